The number of rotatable bonds is 3. The van der Waals surface area contributed by atoms with E-state index in [1.54, 1.807) is 0 Å². The van der Waals surface area contributed by atoms with E-state index in [1.807, 2.05) is 0 Å². The molecular formula is C38H24N2. The third kappa shape index (κ3) is 2.88. The van der Waals surface area contributed by atoms with E-state index in [2.05, 4.69) is 155 Å². The van der Waals surface area contributed by atoms with Gasteiger partial charge in [-0.05, 0) is 52.6 Å². The minimum Gasteiger partial charge on any atom is -0.310 e. The highest BCUT2D eigenvalue weighted by atomic mass is 15.1. The van der Waals surface area contributed by atoms with E-state index < -0.39 is 0 Å². The summed E-state index contributed by atoms with van der Waals surface area (Å²) >= 11 is 0. The van der Waals surface area contributed by atoms with Crippen molar-refractivity contribution in [2.45, 2.75) is 0 Å². The van der Waals surface area contributed by atoms with Crippen molar-refractivity contribution in [2.24, 2.45) is 0 Å². The Morgan fingerprint density at radius 3 is 2.00 bits per heavy atom. The van der Waals surface area contributed by atoms with Crippen molar-refractivity contribution >= 4 is 76.7 Å². The van der Waals surface area contributed by atoms with Gasteiger partial charge in [0.25, 0.3) is 0 Å². The molecule has 0 bridgehead atoms. The molecule has 0 unspecified atom stereocenters. The van der Waals surface area contributed by atoms with Crippen LogP contribution < -0.4 is 4.90 Å². The van der Waals surface area contributed by atoms with Gasteiger partial charge in [0.05, 0.1) is 22.2 Å². The minimum atomic E-state index is 1.14. The van der Waals surface area contributed by atoms with E-state index in [4.69, 9.17) is 0 Å². The van der Waals surface area contributed by atoms with Gasteiger partial charge < -0.3 is 9.30 Å². The third-order valence-corrected chi connectivity index (χ3v) is 8.47. The maximum absolute atomic E-state index is 2.49. The highest BCUT2D eigenvalue weighted by molar-refractivity contribution is 6.28. The van der Waals surface area contributed by atoms with Crippen molar-refractivity contribution in [1.29, 1.82) is 0 Å². The Bertz CT molecular complexity index is 2370. The van der Waals surface area contributed by atoms with Gasteiger partial charge in [0.2, 0.25) is 0 Å². The maximum atomic E-state index is 2.49. The second-order valence-electron chi connectivity index (χ2n) is 10.6. The molecule has 0 N–H and O–H groups in total. The Labute approximate surface area is 231 Å². The molecule has 2 aromatic heterocycles. The van der Waals surface area contributed by atoms with Crippen LogP contribution in [0.2, 0.25) is 0 Å². The average Bonchev–Trinajstić information content (AvgIpc) is 3.36. The van der Waals surface area contributed by atoms with Crippen LogP contribution in [0.1, 0.15) is 0 Å². The summed E-state index contributed by atoms with van der Waals surface area (Å²) in [7, 11) is 0. The minimum absolute atomic E-state index is 1.14. The molecule has 0 saturated heterocycles. The van der Waals surface area contributed by atoms with Gasteiger partial charge >= 0.3 is 0 Å². The summed E-state index contributed by atoms with van der Waals surface area (Å²) in [5, 5.41) is 10.3. The Hall–Kier alpha value is -5.34. The van der Waals surface area contributed by atoms with Crippen molar-refractivity contribution in [3.63, 3.8) is 0 Å². The molecule has 186 valence electrons. The first-order chi connectivity index (χ1) is 19.9. The lowest BCUT2D eigenvalue weighted by Crippen LogP contribution is -2.10. The van der Waals surface area contributed by atoms with Gasteiger partial charge in [-0.1, -0.05) is 109 Å². The van der Waals surface area contributed by atoms with E-state index in [-0.39, 0.29) is 0 Å². The Balaban J connectivity index is 1.43. The summed E-state index contributed by atoms with van der Waals surface area (Å²) in [6.45, 7) is 0. The molecule has 0 saturated carbocycles. The van der Waals surface area contributed by atoms with Crippen LogP contribution in [-0.4, -0.2) is 4.40 Å². The smallest absolute Gasteiger partial charge is 0.0626 e. The van der Waals surface area contributed by atoms with Crippen LogP contribution in [0.5, 0.6) is 0 Å². The van der Waals surface area contributed by atoms with Gasteiger partial charge in [0.1, 0.15) is 0 Å². The first kappa shape index (κ1) is 21.6. The van der Waals surface area contributed by atoms with Crippen LogP contribution in [0, 0.1) is 0 Å². The van der Waals surface area contributed by atoms with E-state index in [1.165, 1.54) is 65.3 Å². The molecule has 0 aliphatic rings. The van der Waals surface area contributed by atoms with E-state index in [9.17, 15) is 0 Å². The van der Waals surface area contributed by atoms with Gasteiger partial charge in [0.15, 0.2) is 0 Å². The molecule has 2 heterocycles. The molecule has 0 atom stereocenters. The quantitative estimate of drug-likeness (QED) is 0.170. The van der Waals surface area contributed by atoms with E-state index in [0.717, 1.165) is 11.4 Å². The Kier molecular flexibility index (Phi) is 4.36. The molecule has 9 aromatic rings. The van der Waals surface area contributed by atoms with Gasteiger partial charge in [-0.3, -0.25) is 0 Å². The zero-order valence-electron chi connectivity index (χ0n) is 21.8. The second kappa shape index (κ2) is 8.08. The molecule has 40 heavy (non-hydrogen) atoms. The number of nitrogens with zero attached hydrogens (tertiary/aromatic N) is 2. The normalized spacial score (nSPS) is 12.0. The van der Waals surface area contributed by atoms with Gasteiger partial charge in [-0.15, -0.1) is 0 Å². The van der Waals surface area contributed by atoms with Crippen LogP contribution in [0.3, 0.4) is 0 Å². The monoisotopic (exact) mass is 508 g/mol. The predicted octanol–water partition coefficient (Wildman–Crippen LogP) is 10.6. The molecule has 0 spiro atoms. The molecule has 2 heteroatoms. The summed E-state index contributed by atoms with van der Waals surface area (Å²) in [5.74, 6) is 0. The first-order valence-electron chi connectivity index (χ1n) is 13.8. The summed E-state index contributed by atoms with van der Waals surface area (Å²) in [6.07, 6.45) is 0. The van der Waals surface area contributed by atoms with Crippen molar-refractivity contribution in [3.05, 3.63) is 146 Å². The fraction of sp³-hybridized carbons (Fsp3) is 0. The van der Waals surface area contributed by atoms with Crippen LogP contribution in [-0.2, 0) is 0 Å². The van der Waals surface area contributed by atoms with Crippen molar-refractivity contribution in [1.82, 2.24) is 4.40 Å². The van der Waals surface area contributed by atoms with Gasteiger partial charge in [-0.2, -0.15) is 0 Å². The predicted molar refractivity (Wildman–Crippen MR) is 171 cm³/mol. The fourth-order valence-corrected chi connectivity index (χ4v) is 6.78. The summed E-state index contributed by atoms with van der Waals surface area (Å²) in [5.41, 5.74) is 7.22. The molecule has 0 fully saturated rings. The molecule has 7 aromatic carbocycles. The molecule has 0 radical (unpaired) electrons. The zero-order valence-corrected chi connectivity index (χ0v) is 21.8. The largest absolute Gasteiger partial charge is 0.310 e. The molecular weight excluding hydrogens is 484 g/mol. The van der Waals surface area contributed by atoms with E-state index in [0.29, 0.717) is 0 Å². The molecule has 0 aliphatic carbocycles. The number of para-hydroxylation sites is 2. The van der Waals surface area contributed by atoms with Crippen LogP contribution in [0.25, 0.3) is 59.6 Å². The summed E-state index contributed by atoms with van der Waals surface area (Å²) in [4.78, 5) is 2.39. The van der Waals surface area contributed by atoms with Crippen LogP contribution >= 0.6 is 0 Å². The summed E-state index contributed by atoms with van der Waals surface area (Å²) in [6, 6.07) is 53.0. The van der Waals surface area contributed by atoms with Crippen LogP contribution in [0.15, 0.2) is 146 Å². The highest BCUT2D eigenvalue weighted by Gasteiger charge is 2.20. The molecule has 9 rings (SSSR count). The Morgan fingerprint density at radius 1 is 0.400 bits per heavy atom. The average molecular weight is 509 g/mol. The number of hydrogen-bond donors (Lipinski definition) is 0. The fourth-order valence-electron chi connectivity index (χ4n) is 6.78. The third-order valence-electron chi connectivity index (χ3n) is 8.47. The van der Waals surface area contributed by atoms with Crippen LogP contribution in [0.4, 0.5) is 17.1 Å². The lowest BCUT2D eigenvalue weighted by molar-refractivity contribution is 1.29. The van der Waals surface area contributed by atoms with Crippen molar-refractivity contribution in [2.75, 3.05) is 4.90 Å². The molecule has 2 nitrogen and oxygen atoms in total. The van der Waals surface area contributed by atoms with Crippen molar-refractivity contribution in [3.8, 4) is 0 Å². The number of fused-ring (bicyclic) bond motifs is 7. The number of hydrogen-bond acceptors (Lipinski definition) is 1. The molecule has 0 amide bonds. The number of anilines is 3. The second-order valence-corrected chi connectivity index (χ2v) is 10.6. The van der Waals surface area contributed by atoms with E-state index >= 15 is 0 Å². The summed E-state index contributed by atoms with van der Waals surface area (Å²) < 4.78 is 2.49. The SMILES string of the molecule is c1ccc(N(c2ccc3c4ccc5cccc6c7ccccc7n(c3c2)c4c56)c2cccc3ccccc23)cc1. The lowest BCUT2D eigenvalue weighted by Gasteiger charge is -2.27. The van der Waals surface area contributed by atoms with Gasteiger partial charge in [0, 0.05) is 38.3 Å². The highest BCUT2D eigenvalue weighted by Crippen LogP contribution is 2.44. The lowest BCUT2D eigenvalue weighted by atomic mass is 9.99. The molecule has 0 aliphatic heterocycles. The Morgan fingerprint density at radius 2 is 1.07 bits per heavy atom. The zero-order chi connectivity index (χ0) is 26.2. The number of aromatic nitrogens is 1. The first-order valence-corrected chi connectivity index (χ1v) is 13.8. The number of benzene rings is 7. The topological polar surface area (TPSA) is 7.65 Å². The van der Waals surface area contributed by atoms with Gasteiger partial charge in [-0.25, -0.2) is 0 Å². The standard InChI is InChI=1S/C38H24N2/c1-2-13-27(14-3-1)39(34-19-9-11-25-10-4-5-15-29(25)34)28-21-23-31-33-22-20-26-12-8-17-32-30-16-6-7-18-35(30)40(36(31)24-28)38(33)37(26)32/h1-24H. The van der Waals surface area contributed by atoms with Crippen molar-refractivity contribution < 1.29 is 0 Å². The maximum Gasteiger partial charge on any atom is 0.0626 e. The number of pyridine rings is 1.